The van der Waals surface area contributed by atoms with Crippen LogP contribution in [0.2, 0.25) is 0 Å². The summed E-state index contributed by atoms with van der Waals surface area (Å²) in [7, 11) is 3.23. The van der Waals surface area contributed by atoms with Crippen LogP contribution in [0.3, 0.4) is 0 Å². The quantitative estimate of drug-likeness (QED) is 0.317. The third-order valence-corrected chi connectivity index (χ3v) is 6.39. The number of amides is 1. The number of carbonyl (C=O) groups is 1. The highest BCUT2D eigenvalue weighted by atomic mass is 32.1. The van der Waals surface area contributed by atoms with Crippen molar-refractivity contribution in [1.29, 1.82) is 0 Å². The minimum Gasteiger partial charge on any atom is -0.493 e. The third-order valence-electron chi connectivity index (χ3n) is 5.41. The van der Waals surface area contributed by atoms with E-state index in [0.29, 0.717) is 17.1 Å². The normalized spacial score (nSPS) is 11.5. The summed E-state index contributed by atoms with van der Waals surface area (Å²) in [5.74, 6) is 1.87. The van der Waals surface area contributed by atoms with Crippen molar-refractivity contribution in [2.45, 2.75) is 19.9 Å². The molecule has 0 aliphatic rings. The molecule has 2 aromatic carbocycles. The highest BCUT2D eigenvalue weighted by Crippen LogP contribution is 2.40. The molecule has 0 spiro atoms. The fraction of sp³-hybridized carbons (Fsp3) is 0.185. The molecule has 0 saturated carbocycles. The predicted octanol–water partition coefficient (Wildman–Crippen LogP) is 6.23. The van der Waals surface area contributed by atoms with Crippen molar-refractivity contribution in [1.82, 2.24) is 4.98 Å². The Hall–Kier alpha value is -3.84. The van der Waals surface area contributed by atoms with E-state index in [1.54, 1.807) is 43.9 Å². The van der Waals surface area contributed by atoms with E-state index < -0.39 is 0 Å². The number of hydrogen-bond acceptors (Lipinski definition) is 6. The average Bonchev–Trinajstić information content (AvgIpc) is 3.22. The maximum Gasteiger partial charge on any atom is 0.256 e. The van der Waals surface area contributed by atoms with Crippen LogP contribution in [0.15, 0.2) is 72.9 Å². The molecule has 4 aromatic rings. The average molecular weight is 474 g/mol. The van der Waals surface area contributed by atoms with Gasteiger partial charge in [-0.2, -0.15) is 0 Å². The summed E-state index contributed by atoms with van der Waals surface area (Å²) in [5.41, 5.74) is 3.61. The molecule has 7 heteroatoms. The number of aryl methyl sites for hydroxylation is 2. The molecule has 34 heavy (non-hydrogen) atoms. The predicted molar refractivity (Wildman–Crippen MR) is 137 cm³/mol. The molecule has 0 radical (unpaired) electrons. The lowest BCUT2D eigenvalue weighted by molar-refractivity contribution is 0.102. The van der Waals surface area contributed by atoms with Crippen molar-refractivity contribution >= 4 is 28.1 Å². The Labute approximate surface area is 203 Å². The number of thiophene rings is 1. The minimum atomic E-state index is -0.287. The number of ether oxygens (including phenoxy) is 2. The van der Waals surface area contributed by atoms with E-state index in [1.165, 1.54) is 0 Å². The van der Waals surface area contributed by atoms with Crippen LogP contribution in [0.25, 0.3) is 0 Å². The first kappa shape index (κ1) is 23.3. The first-order valence-corrected chi connectivity index (χ1v) is 11.7. The van der Waals surface area contributed by atoms with Gasteiger partial charge in [0.15, 0.2) is 11.5 Å². The van der Waals surface area contributed by atoms with E-state index >= 15 is 0 Å². The minimum absolute atomic E-state index is 0.150. The van der Waals surface area contributed by atoms with Crippen LogP contribution in [0.5, 0.6) is 11.5 Å². The van der Waals surface area contributed by atoms with Crippen LogP contribution in [-0.4, -0.2) is 25.1 Å². The summed E-state index contributed by atoms with van der Waals surface area (Å²) in [6.45, 7) is 4.06. The van der Waals surface area contributed by atoms with Gasteiger partial charge in [0.1, 0.15) is 10.8 Å². The zero-order valence-electron chi connectivity index (χ0n) is 19.6. The van der Waals surface area contributed by atoms with E-state index in [1.807, 2.05) is 62.4 Å². The molecule has 0 bridgehead atoms. The Morgan fingerprint density at radius 2 is 1.71 bits per heavy atom. The van der Waals surface area contributed by atoms with Crippen LogP contribution in [0.4, 0.5) is 10.8 Å². The molecule has 1 amide bonds. The van der Waals surface area contributed by atoms with Crippen LogP contribution in [0.1, 0.15) is 38.0 Å². The lowest BCUT2D eigenvalue weighted by atomic mass is 9.99. The number of aromatic nitrogens is 1. The van der Waals surface area contributed by atoms with Gasteiger partial charge in [0.25, 0.3) is 5.91 Å². The van der Waals surface area contributed by atoms with Gasteiger partial charge < -0.3 is 20.1 Å². The number of benzene rings is 2. The fourth-order valence-corrected chi connectivity index (χ4v) is 4.69. The fourth-order valence-electron chi connectivity index (χ4n) is 3.75. The highest BCUT2D eigenvalue weighted by molar-refractivity contribution is 7.16. The topological polar surface area (TPSA) is 72.5 Å². The molecule has 0 aliphatic carbocycles. The van der Waals surface area contributed by atoms with Gasteiger partial charge in [-0.3, -0.25) is 4.79 Å². The van der Waals surface area contributed by atoms with E-state index in [-0.39, 0.29) is 11.9 Å². The molecule has 2 aromatic heterocycles. The number of carbonyl (C=O) groups excluding carboxylic acids is 1. The summed E-state index contributed by atoms with van der Waals surface area (Å²) in [6.07, 6.45) is 1.78. The van der Waals surface area contributed by atoms with Gasteiger partial charge >= 0.3 is 0 Å². The zero-order valence-corrected chi connectivity index (χ0v) is 20.4. The van der Waals surface area contributed by atoms with Gasteiger partial charge in [-0.1, -0.05) is 24.3 Å². The van der Waals surface area contributed by atoms with Crippen LogP contribution >= 0.6 is 11.3 Å². The number of rotatable bonds is 8. The molecular formula is C27H27N3O3S. The molecular weight excluding hydrogens is 446 g/mol. The molecule has 2 N–H and O–H groups in total. The molecule has 2 heterocycles. The Bertz CT molecular complexity index is 1290. The number of hydrogen-bond donors (Lipinski definition) is 2. The highest BCUT2D eigenvalue weighted by Gasteiger charge is 2.23. The first-order chi connectivity index (χ1) is 16.5. The molecule has 4 rings (SSSR count). The van der Waals surface area contributed by atoms with Crippen molar-refractivity contribution in [2.75, 3.05) is 24.9 Å². The van der Waals surface area contributed by atoms with E-state index in [9.17, 15) is 4.79 Å². The molecule has 174 valence electrons. The molecule has 1 atom stereocenters. The smallest absolute Gasteiger partial charge is 0.256 e. The number of pyridine rings is 1. The number of nitrogens with one attached hydrogen (secondary N) is 2. The van der Waals surface area contributed by atoms with Crippen molar-refractivity contribution in [3.05, 3.63) is 100 Å². The summed E-state index contributed by atoms with van der Waals surface area (Å²) < 4.78 is 11.0. The lowest BCUT2D eigenvalue weighted by Gasteiger charge is -2.22. The lowest BCUT2D eigenvalue weighted by Crippen LogP contribution is -2.17. The molecule has 6 nitrogen and oxygen atoms in total. The van der Waals surface area contributed by atoms with Gasteiger partial charge in [0.2, 0.25) is 0 Å². The summed E-state index contributed by atoms with van der Waals surface area (Å²) in [6, 6.07) is 20.8. The van der Waals surface area contributed by atoms with Crippen molar-refractivity contribution in [3.8, 4) is 11.5 Å². The van der Waals surface area contributed by atoms with Crippen molar-refractivity contribution in [3.63, 3.8) is 0 Å². The summed E-state index contributed by atoms with van der Waals surface area (Å²) >= 11 is 1.54. The number of methoxy groups -OCH3 is 2. The second-order valence-corrected chi connectivity index (χ2v) is 9.13. The van der Waals surface area contributed by atoms with E-state index in [2.05, 4.69) is 21.7 Å². The molecule has 0 aliphatic heterocycles. The van der Waals surface area contributed by atoms with Crippen molar-refractivity contribution in [2.24, 2.45) is 0 Å². The SMILES string of the molecule is COc1ccc([C@@H](Nc2cc(C)ccn2)c2cc(C)sc2NC(=O)c2ccccc2)cc1OC. The second-order valence-electron chi connectivity index (χ2n) is 7.87. The van der Waals surface area contributed by atoms with Gasteiger partial charge in [0.05, 0.1) is 20.3 Å². The van der Waals surface area contributed by atoms with Gasteiger partial charge in [0, 0.05) is 22.2 Å². The maximum atomic E-state index is 12.9. The molecule has 0 unspecified atom stereocenters. The van der Waals surface area contributed by atoms with Gasteiger partial charge in [-0.25, -0.2) is 4.98 Å². The summed E-state index contributed by atoms with van der Waals surface area (Å²) in [5, 5.41) is 7.45. The van der Waals surface area contributed by atoms with Crippen molar-refractivity contribution < 1.29 is 14.3 Å². The Kier molecular flexibility index (Phi) is 7.13. The van der Waals surface area contributed by atoms with E-state index in [0.717, 1.165) is 32.4 Å². The zero-order chi connectivity index (χ0) is 24.1. The summed E-state index contributed by atoms with van der Waals surface area (Å²) in [4.78, 5) is 18.5. The second kappa shape index (κ2) is 10.4. The number of nitrogens with zero attached hydrogens (tertiary/aromatic N) is 1. The van der Waals surface area contributed by atoms with Crippen LogP contribution < -0.4 is 20.1 Å². The Morgan fingerprint density at radius 3 is 2.41 bits per heavy atom. The van der Waals surface area contributed by atoms with Crippen LogP contribution in [0, 0.1) is 13.8 Å². The Morgan fingerprint density at radius 1 is 0.941 bits per heavy atom. The first-order valence-electron chi connectivity index (χ1n) is 10.9. The van der Waals surface area contributed by atoms with E-state index in [4.69, 9.17) is 9.47 Å². The van der Waals surface area contributed by atoms with Crippen LogP contribution in [-0.2, 0) is 0 Å². The molecule has 0 saturated heterocycles. The Balaban J connectivity index is 1.77. The standard InChI is InChI=1S/C27H27N3O3S/c1-17-12-13-28-24(14-17)29-25(20-10-11-22(32-3)23(16-20)33-4)21-15-18(2)34-27(21)30-26(31)19-8-6-5-7-9-19/h5-16,25H,1-4H3,(H,28,29)(H,30,31)/t25-/m1/s1. The van der Waals surface area contributed by atoms with Gasteiger partial charge in [-0.15, -0.1) is 11.3 Å². The third kappa shape index (κ3) is 5.21. The maximum absolute atomic E-state index is 12.9. The number of anilines is 2. The largest absolute Gasteiger partial charge is 0.493 e. The monoisotopic (exact) mass is 473 g/mol. The van der Waals surface area contributed by atoms with Gasteiger partial charge in [-0.05, 0) is 67.4 Å². The molecule has 0 fully saturated rings.